The number of aryl methyl sites for hydroxylation is 1. The first-order valence-electron chi connectivity index (χ1n) is 5.95. The fraction of sp³-hybridized carbons (Fsp3) is 0.0667. The normalized spacial score (nSPS) is 11.4. The van der Waals surface area contributed by atoms with E-state index >= 15 is 0 Å². The van der Waals surface area contributed by atoms with Crippen LogP contribution in [0.5, 0.6) is 5.75 Å². The fourth-order valence-electron chi connectivity index (χ4n) is 1.92. The molecule has 0 amide bonds. The Bertz CT molecular complexity index is 743. The summed E-state index contributed by atoms with van der Waals surface area (Å²) in [6.45, 7) is 2.06. The molecule has 19 heavy (non-hydrogen) atoms. The van der Waals surface area contributed by atoms with Crippen LogP contribution < -0.4 is 8.83 Å². The Morgan fingerprint density at radius 3 is 2.74 bits per heavy atom. The van der Waals surface area contributed by atoms with Gasteiger partial charge in [0.05, 0.1) is 0 Å². The average Bonchev–Trinajstić information content (AvgIpc) is 2.42. The molecule has 0 aliphatic carbocycles. The van der Waals surface area contributed by atoms with Crippen molar-refractivity contribution in [1.29, 1.82) is 0 Å². The monoisotopic (exact) mass is 311 g/mol. The van der Waals surface area contributed by atoms with Crippen LogP contribution in [0, 0.1) is 6.92 Å². The molecule has 0 bridgehead atoms. The van der Waals surface area contributed by atoms with E-state index in [2.05, 4.69) is 29.0 Å². The van der Waals surface area contributed by atoms with E-state index in [1.165, 1.54) is 5.56 Å². The minimum atomic E-state index is -0.344. The topological polar surface area (TPSA) is 46.0 Å². The molecule has 2 aromatic carbocycles. The zero-order chi connectivity index (χ0) is 13.2. The maximum atomic E-state index is 9.88. The molecule has 1 N–H and O–H groups in total. The number of hydrogen-bond donors (Lipinski definition) is 1. The first-order valence-corrected chi connectivity index (χ1v) is 7.83. The van der Waals surface area contributed by atoms with Crippen molar-refractivity contribution in [3.8, 4) is 5.75 Å². The maximum absolute atomic E-state index is 9.88. The molecule has 1 radical (unpaired) electrons. The fourth-order valence-corrected chi connectivity index (χ4v) is 3.99. The van der Waals surface area contributed by atoms with Crippen molar-refractivity contribution in [2.45, 2.75) is 6.92 Å². The summed E-state index contributed by atoms with van der Waals surface area (Å²) < 4.78 is 2.01. The number of nitrogens with zero attached hydrogens (tertiary/aromatic N) is 2. The molecule has 0 aliphatic heterocycles. The summed E-state index contributed by atoms with van der Waals surface area (Å²) in [5.41, 5.74) is 2.16. The SMILES string of the molecule is Cc1ccc2ncnc([As]c3ccccc3O)c2c1. The molecule has 0 unspecified atom stereocenters. The molecule has 1 heterocycles. The molecule has 0 saturated carbocycles. The number of aromatic nitrogens is 2. The van der Waals surface area contributed by atoms with Crippen LogP contribution in [-0.4, -0.2) is 30.8 Å². The van der Waals surface area contributed by atoms with E-state index in [0.717, 1.165) is 19.7 Å². The Morgan fingerprint density at radius 1 is 1.05 bits per heavy atom. The molecule has 3 rings (SSSR count). The number of benzene rings is 2. The number of phenols is 1. The molecule has 0 aliphatic rings. The van der Waals surface area contributed by atoms with Crippen LogP contribution >= 0.6 is 0 Å². The van der Waals surface area contributed by atoms with Gasteiger partial charge in [0, 0.05) is 0 Å². The van der Waals surface area contributed by atoms with Gasteiger partial charge in [-0.05, 0) is 0 Å². The van der Waals surface area contributed by atoms with Gasteiger partial charge in [-0.25, -0.2) is 0 Å². The van der Waals surface area contributed by atoms with E-state index in [-0.39, 0.29) is 15.8 Å². The molecule has 3 aromatic rings. The first kappa shape index (κ1) is 12.2. The summed E-state index contributed by atoms with van der Waals surface area (Å²) in [7, 11) is 0. The summed E-state index contributed by atoms with van der Waals surface area (Å²) >= 11 is -0.344. The molecule has 0 spiro atoms. The van der Waals surface area contributed by atoms with E-state index in [4.69, 9.17) is 0 Å². The van der Waals surface area contributed by atoms with Gasteiger partial charge < -0.3 is 0 Å². The number of phenolic OH excluding ortho intramolecular Hbond substituents is 1. The van der Waals surface area contributed by atoms with E-state index in [0.29, 0.717) is 5.75 Å². The van der Waals surface area contributed by atoms with Crippen LogP contribution in [0.3, 0.4) is 0 Å². The van der Waals surface area contributed by atoms with E-state index in [1.807, 2.05) is 24.3 Å². The van der Waals surface area contributed by atoms with Gasteiger partial charge >= 0.3 is 118 Å². The van der Waals surface area contributed by atoms with Crippen molar-refractivity contribution < 1.29 is 5.11 Å². The second kappa shape index (κ2) is 5.02. The number of rotatable bonds is 2. The van der Waals surface area contributed by atoms with Crippen molar-refractivity contribution in [3.05, 3.63) is 54.4 Å². The Balaban J connectivity index is 2.10. The van der Waals surface area contributed by atoms with Gasteiger partial charge in [0.1, 0.15) is 0 Å². The Hall–Kier alpha value is -1.86. The Labute approximate surface area is 118 Å². The first-order chi connectivity index (χ1) is 9.24. The van der Waals surface area contributed by atoms with Crippen molar-refractivity contribution in [1.82, 2.24) is 9.97 Å². The van der Waals surface area contributed by atoms with Gasteiger partial charge in [0.25, 0.3) is 0 Å². The summed E-state index contributed by atoms with van der Waals surface area (Å²) in [4.78, 5) is 8.69. The number of fused-ring (bicyclic) bond motifs is 1. The van der Waals surface area contributed by atoms with Crippen LogP contribution in [0.1, 0.15) is 5.56 Å². The summed E-state index contributed by atoms with van der Waals surface area (Å²) in [5, 5.41) is 11.0. The molecular formula is C15H12AsN2O. The number of aromatic hydroxyl groups is 1. The third kappa shape index (κ3) is 2.47. The predicted molar refractivity (Wildman–Crippen MR) is 77.4 cm³/mol. The third-order valence-corrected chi connectivity index (χ3v) is 5.37. The minimum absolute atomic E-state index is 0.344. The van der Waals surface area contributed by atoms with Crippen LogP contribution in [0.2, 0.25) is 0 Å². The molecule has 0 atom stereocenters. The summed E-state index contributed by atoms with van der Waals surface area (Å²) in [5.74, 6) is 0.349. The third-order valence-electron chi connectivity index (χ3n) is 2.88. The van der Waals surface area contributed by atoms with Crippen LogP contribution in [-0.2, 0) is 0 Å². The van der Waals surface area contributed by atoms with Gasteiger partial charge in [-0.1, -0.05) is 0 Å². The zero-order valence-corrected chi connectivity index (χ0v) is 12.3. The molecule has 3 nitrogen and oxygen atoms in total. The molecule has 4 heteroatoms. The number of hydrogen-bond acceptors (Lipinski definition) is 3. The van der Waals surface area contributed by atoms with Crippen molar-refractivity contribution in [2.24, 2.45) is 0 Å². The van der Waals surface area contributed by atoms with Crippen molar-refractivity contribution in [3.63, 3.8) is 0 Å². The van der Waals surface area contributed by atoms with Gasteiger partial charge in [-0.15, -0.1) is 0 Å². The molecule has 0 saturated heterocycles. The van der Waals surface area contributed by atoms with E-state index < -0.39 is 0 Å². The summed E-state index contributed by atoms with van der Waals surface area (Å²) in [6.07, 6.45) is 1.60. The van der Waals surface area contributed by atoms with E-state index in [1.54, 1.807) is 12.4 Å². The number of para-hydroxylation sites is 1. The van der Waals surface area contributed by atoms with Crippen LogP contribution in [0.25, 0.3) is 10.9 Å². The van der Waals surface area contributed by atoms with Crippen LogP contribution in [0.15, 0.2) is 48.8 Å². The molecule has 93 valence electrons. The van der Waals surface area contributed by atoms with Gasteiger partial charge in [-0.3, -0.25) is 0 Å². The molecule has 1 aromatic heterocycles. The van der Waals surface area contributed by atoms with E-state index in [9.17, 15) is 5.11 Å². The Kier molecular flexibility index (Phi) is 3.22. The van der Waals surface area contributed by atoms with Crippen molar-refractivity contribution >= 4 is 35.5 Å². The average molecular weight is 311 g/mol. The van der Waals surface area contributed by atoms with Gasteiger partial charge in [0.2, 0.25) is 0 Å². The standard InChI is InChI=1S/C15H12AsN2O/c1-10-6-7-13-11(8-10)15(18-9-17-13)16-12-4-2-3-5-14(12)19/h2-9,19H,1H3. The zero-order valence-electron chi connectivity index (χ0n) is 10.4. The summed E-state index contributed by atoms with van der Waals surface area (Å²) in [6, 6.07) is 13.6. The Morgan fingerprint density at radius 2 is 1.89 bits per heavy atom. The quantitative estimate of drug-likeness (QED) is 0.726. The van der Waals surface area contributed by atoms with Crippen LogP contribution in [0.4, 0.5) is 0 Å². The van der Waals surface area contributed by atoms with Gasteiger partial charge in [0.15, 0.2) is 0 Å². The van der Waals surface area contributed by atoms with Gasteiger partial charge in [-0.2, -0.15) is 0 Å². The predicted octanol–water partition coefficient (Wildman–Crippen LogP) is 1.30. The molecule has 0 fully saturated rings. The second-order valence-corrected chi connectivity index (χ2v) is 6.69. The molecular weight excluding hydrogens is 299 g/mol. The second-order valence-electron chi connectivity index (χ2n) is 4.32. The van der Waals surface area contributed by atoms with Crippen molar-refractivity contribution in [2.75, 3.05) is 0 Å².